The van der Waals surface area contributed by atoms with E-state index in [0.29, 0.717) is 31.3 Å². The van der Waals surface area contributed by atoms with Gasteiger partial charge in [-0.25, -0.2) is 9.48 Å². The van der Waals surface area contributed by atoms with Crippen LogP contribution in [-0.2, 0) is 24.3 Å². The summed E-state index contributed by atoms with van der Waals surface area (Å²) in [5.74, 6) is 2.19. The molecule has 4 bridgehead atoms. The van der Waals surface area contributed by atoms with Crippen LogP contribution in [0.1, 0.15) is 77.0 Å². The molecular formula is C22H34N4O3. The first-order chi connectivity index (χ1) is 13.9. The second kappa shape index (κ2) is 6.96. The summed E-state index contributed by atoms with van der Waals surface area (Å²) in [5, 5.41) is 18.7. The maximum atomic E-state index is 12.9. The van der Waals surface area contributed by atoms with Gasteiger partial charge >= 0.3 is 5.69 Å². The first-order valence-corrected chi connectivity index (χ1v) is 11.6. The molecule has 1 aromatic heterocycles. The van der Waals surface area contributed by atoms with E-state index in [-0.39, 0.29) is 23.1 Å². The molecule has 160 valence electrons. The molecule has 0 spiro atoms. The van der Waals surface area contributed by atoms with Gasteiger partial charge in [0.25, 0.3) is 0 Å². The minimum absolute atomic E-state index is 0.00829. The number of aliphatic hydroxyl groups is 1. The van der Waals surface area contributed by atoms with Crippen molar-refractivity contribution in [2.75, 3.05) is 0 Å². The maximum absolute atomic E-state index is 12.9. The molecule has 3 atom stereocenters. The van der Waals surface area contributed by atoms with E-state index >= 15 is 0 Å². The van der Waals surface area contributed by atoms with Gasteiger partial charge in [-0.2, -0.15) is 5.10 Å². The monoisotopic (exact) mass is 402 g/mol. The normalized spacial score (nSPS) is 37.9. The summed E-state index contributed by atoms with van der Waals surface area (Å²) < 4.78 is 3.36. The molecule has 29 heavy (non-hydrogen) atoms. The summed E-state index contributed by atoms with van der Waals surface area (Å²) in [5.41, 5.74) is -0.523. The van der Waals surface area contributed by atoms with Gasteiger partial charge in [0.2, 0.25) is 5.91 Å². The van der Waals surface area contributed by atoms with Crippen LogP contribution in [0.25, 0.3) is 0 Å². The molecule has 1 amide bonds. The zero-order valence-electron chi connectivity index (χ0n) is 17.5. The minimum Gasteiger partial charge on any atom is -0.390 e. The molecule has 7 nitrogen and oxygen atoms in total. The summed E-state index contributed by atoms with van der Waals surface area (Å²) in [6.45, 7) is 3.33. The Bertz CT molecular complexity index is 843. The number of carbonyl (C=O) groups is 1. The van der Waals surface area contributed by atoms with Gasteiger partial charge in [-0.15, -0.1) is 0 Å². The molecule has 4 aliphatic carbocycles. The van der Waals surface area contributed by atoms with E-state index in [1.807, 2.05) is 6.92 Å². The molecule has 7 heteroatoms. The van der Waals surface area contributed by atoms with Crippen LogP contribution in [0.3, 0.4) is 0 Å². The van der Waals surface area contributed by atoms with E-state index in [2.05, 4.69) is 10.4 Å². The van der Waals surface area contributed by atoms with Crippen molar-refractivity contribution in [2.45, 2.75) is 102 Å². The lowest BCUT2D eigenvalue weighted by Gasteiger charge is -2.60. The van der Waals surface area contributed by atoms with Gasteiger partial charge in [0, 0.05) is 32.0 Å². The smallest absolute Gasteiger partial charge is 0.345 e. The van der Waals surface area contributed by atoms with Gasteiger partial charge in [0.1, 0.15) is 5.82 Å². The fraction of sp³-hybridized carbons (Fsp3) is 0.864. The lowest BCUT2D eigenvalue weighted by molar-refractivity contribution is -0.169. The summed E-state index contributed by atoms with van der Waals surface area (Å²) in [7, 11) is 0. The van der Waals surface area contributed by atoms with E-state index in [4.69, 9.17) is 0 Å². The fourth-order valence-electron chi connectivity index (χ4n) is 7.36. The molecule has 5 aliphatic rings. The zero-order chi connectivity index (χ0) is 20.2. The molecule has 1 aromatic rings. The van der Waals surface area contributed by atoms with Crippen LogP contribution in [0.4, 0.5) is 0 Å². The average Bonchev–Trinajstić information content (AvgIpc) is 2.78. The first kappa shape index (κ1) is 19.3. The molecule has 2 heterocycles. The van der Waals surface area contributed by atoms with E-state index in [1.165, 1.54) is 6.42 Å². The largest absolute Gasteiger partial charge is 0.390 e. The summed E-state index contributed by atoms with van der Waals surface area (Å²) in [6, 6.07) is 0.0974. The Kier molecular flexibility index (Phi) is 4.64. The Hall–Kier alpha value is -1.63. The number of amides is 1. The van der Waals surface area contributed by atoms with Crippen molar-refractivity contribution in [1.82, 2.24) is 19.7 Å². The molecule has 6 rings (SSSR count). The van der Waals surface area contributed by atoms with Crippen molar-refractivity contribution in [3.63, 3.8) is 0 Å². The molecule has 0 radical (unpaired) electrons. The Morgan fingerprint density at radius 2 is 2.00 bits per heavy atom. The Labute approximate surface area is 171 Å². The van der Waals surface area contributed by atoms with Crippen LogP contribution in [0.15, 0.2) is 4.79 Å². The Morgan fingerprint density at radius 1 is 1.24 bits per heavy atom. The number of rotatable bonds is 5. The maximum Gasteiger partial charge on any atom is 0.345 e. The molecule has 0 saturated heterocycles. The molecule has 2 N–H and O–H groups in total. The van der Waals surface area contributed by atoms with E-state index in [9.17, 15) is 14.7 Å². The van der Waals surface area contributed by atoms with Crippen LogP contribution in [0, 0.1) is 17.3 Å². The number of aromatic nitrogens is 3. The highest BCUT2D eigenvalue weighted by molar-refractivity contribution is 5.77. The second-order valence-corrected chi connectivity index (χ2v) is 10.5. The highest BCUT2D eigenvalue weighted by atomic mass is 16.3. The molecule has 4 fully saturated rings. The molecule has 1 aliphatic heterocycles. The van der Waals surface area contributed by atoms with Crippen molar-refractivity contribution in [3.8, 4) is 0 Å². The van der Waals surface area contributed by atoms with Crippen molar-refractivity contribution < 1.29 is 9.90 Å². The first-order valence-electron chi connectivity index (χ1n) is 11.6. The predicted molar refractivity (Wildman–Crippen MR) is 108 cm³/mol. The molecule has 3 unspecified atom stereocenters. The molecular weight excluding hydrogens is 368 g/mol. The SMILES string of the molecule is CCCn1nc2n(c1=O)CCC(NC(=O)CC13CC4CC(CC(O)(C4)C1)C3)CC2. The van der Waals surface area contributed by atoms with Crippen molar-refractivity contribution in [2.24, 2.45) is 17.3 Å². The number of aryl methyl sites for hydroxylation is 2. The topological polar surface area (TPSA) is 89.2 Å². The van der Waals surface area contributed by atoms with Gasteiger partial charge in [0.05, 0.1) is 5.60 Å². The fourth-order valence-corrected chi connectivity index (χ4v) is 7.36. The van der Waals surface area contributed by atoms with Crippen molar-refractivity contribution >= 4 is 5.91 Å². The third-order valence-electron chi connectivity index (χ3n) is 7.90. The highest BCUT2D eigenvalue weighted by Crippen LogP contribution is 2.62. The second-order valence-electron chi connectivity index (χ2n) is 10.5. The van der Waals surface area contributed by atoms with Gasteiger partial charge in [-0.05, 0) is 75.0 Å². The van der Waals surface area contributed by atoms with Crippen LogP contribution >= 0.6 is 0 Å². The highest BCUT2D eigenvalue weighted by Gasteiger charge is 2.57. The van der Waals surface area contributed by atoms with Crippen LogP contribution in [0.5, 0.6) is 0 Å². The number of carbonyl (C=O) groups excluding carboxylic acids is 1. The van der Waals surface area contributed by atoms with Crippen molar-refractivity contribution in [3.05, 3.63) is 16.3 Å². The number of hydrogen-bond donors (Lipinski definition) is 2. The summed E-state index contributed by atoms with van der Waals surface area (Å²) in [4.78, 5) is 25.4. The van der Waals surface area contributed by atoms with Gasteiger partial charge in [0.15, 0.2) is 0 Å². The number of nitrogens with zero attached hydrogens (tertiary/aromatic N) is 3. The number of fused-ring (bicyclic) bond motifs is 1. The van der Waals surface area contributed by atoms with Gasteiger partial charge in [-0.1, -0.05) is 6.92 Å². The van der Waals surface area contributed by atoms with E-state index in [0.717, 1.165) is 63.6 Å². The van der Waals surface area contributed by atoms with E-state index in [1.54, 1.807) is 9.25 Å². The van der Waals surface area contributed by atoms with Crippen molar-refractivity contribution in [1.29, 1.82) is 0 Å². The summed E-state index contributed by atoms with van der Waals surface area (Å²) >= 11 is 0. The van der Waals surface area contributed by atoms with Gasteiger partial charge in [-0.3, -0.25) is 9.36 Å². The lowest BCUT2D eigenvalue weighted by atomic mass is 9.47. The predicted octanol–water partition coefficient (Wildman–Crippen LogP) is 2.00. The molecule has 0 aromatic carbocycles. The standard InChI is InChI=1S/C22H34N4O3/c1-2-6-26-20(28)25-7-5-17(3-4-18(25)24-26)23-19(27)13-21-9-15-8-16(10-21)12-22(29,11-15)14-21/h15-17,29H,2-14H2,1H3,(H,23,27). The number of hydrogen-bond acceptors (Lipinski definition) is 4. The number of nitrogens with one attached hydrogen (secondary N) is 1. The zero-order valence-corrected chi connectivity index (χ0v) is 17.5. The minimum atomic E-state index is -0.514. The lowest BCUT2D eigenvalue weighted by Crippen LogP contribution is -2.56. The Balaban J connectivity index is 1.21. The Morgan fingerprint density at radius 3 is 2.69 bits per heavy atom. The van der Waals surface area contributed by atoms with Crippen LogP contribution in [-0.4, -0.2) is 37.0 Å². The third-order valence-corrected chi connectivity index (χ3v) is 7.90. The summed E-state index contributed by atoms with van der Waals surface area (Å²) in [6.07, 6.45) is 9.92. The van der Waals surface area contributed by atoms with Crippen LogP contribution < -0.4 is 11.0 Å². The quantitative estimate of drug-likeness (QED) is 0.788. The van der Waals surface area contributed by atoms with Crippen LogP contribution in [0.2, 0.25) is 0 Å². The van der Waals surface area contributed by atoms with Gasteiger partial charge < -0.3 is 10.4 Å². The average molecular weight is 403 g/mol. The molecule has 4 saturated carbocycles. The van der Waals surface area contributed by atoms with E-state index < -0.39 is 5.60 Å². The third kappa shape index (κ3) is 3.56.